The molecule has 0 bridgehead atoms. The smallest absolute Gasteiger partial charge is 0.171 e. The molecule has 0 spiro atoms. The van der Waals surface area contributed by atoms with E-state index in [9.17, 15) is 0 Å². The van der Waals surface area contributed by atoms with Crippen LogP contribution in [0.2, 0.25) is 0 Å². The van der Waals surface area contributed by atoms with E-state index in [2.05, 4.69) is 27.7 Å². The molecule has 3 heteroatoms. The maximum atomic E-state index is 5.95. The van der Waals surface area contributed by atoms with Gasteiger partial charge in [-0.1, -0.05) is 25.8 Å². The molecule has 0 fully saturated rings. The predicted octanol–water partition coefficient (Wildman–Crippen LogP) is 4.13. The summed E-state index contributed by atoms with van der Waals surface area (Å²) in [5, 5.41) is 0. The Morgan fingerprint density at radius 3 is 2.53 bits per heavy atom. The number of hydrogen-bond acceptors (Lipinski definition) is 2. The lowest BCUT2D eigenvalue weighted by atomic mass is 10.1. The fourth-order valence-corrected chi connectivity index (χ4v) is 2.30. The van der Waals surface area contributed by atoms with E-state index in [1.165, 1.54) is 11.1 Å². The summed E-state index contributed by atoms with van der Waals surface area (Å²) in [5.74, 6) is 1.02. The zero-order valence-corrected chi connectivity index (χ0v) is 12.2. The van der Waals surface area contributed by atoms with Gasteiger partial charge >= 0.3 is 0 Å². The zero-order chi connectivity index (χ0) is 12.8. The molecule has 100 valence electrons. The topological polar surface area (TPSA) is 18.5 Å². The summed E-state index contributed by atoms with van der Waals surface area (Å²) in [6, 6.07) is 0. The van der Waals surface area contributed by atoms with Crippen LogP contribution in [0.25, 0.3) is 0 Å². The van der Waals surface area contributed by atoms with Gasteiger partial charge in [-0.3, -0.25) is 0 Å². The molecule has 0 aliphatic heterocycles. The number of alkyl halides is 1. The van der Waals surface area contributed by atoms with Gasteiger partial charge in [0.15, 0.2) is 6.29 Å². The quantitative estimate of drug-likeness (QED) is 0.297. The molecule has 1 aliphatic rings. The lowest BCUT2D eigenvalue weighted by molar-refractivity contribution is -0.149. The van der Waals surface area contributed by atoms with E-state index in [-0.39, 0.29) is 12.4 Å². The average molecular weight is 261 g/mol. The second-order valence-corrected chi connectivity index (χ2v) is 5.24. The second kappa shape index (κ2) is 7.40. The van der Waals surface area contributed by atoms with Gasteiger partial charge in [-0.25, -0.2) is 0 Å². The lowest BCUT2D eigenvalue weighted by Gasteiger charge is -2.22. The Labute approximate surface area is 110 Å². The van der Waals surface area contributed by atoms with Gasteiger partial charge in [-0.15, -0.1) is 11.6 Å². The largest absolute Gasteiger partial charge is 0.351 e. The third-order valence-electron chi connectivity index (χ3n) is 3.66. The van der Waals surface area contributed by atoms with E-state index in [1.54, 1.807) is 0 Å². The van der Waals surface area contributed by atoms with Crippen molar-refractivity contribution in [3.8, 4) is 0 Å². The van der Waals surface area contributed by atoms with E-state index in [0.29, 0.717) is 11.8 Å². The first kappa shape index (κ1) is 15.0. The molecule has 0 saturated heterocycles. The molecule has 0 radical (unpaired) electrons. The van der Waals surface area contributed by atoms with Crippen LogP contribution in [0.15, 0.2) is 11.1 Å². The first-order chi connectivity index (χ1) is 8.10. The van der Waals surface area contributed by atoms with Gasteiger partial charge in [0.25, 0.3) is 0 Å². The lowest BCUT2D eigenvalue weighted by Crippen LogP contribution is -2.26. The van der Waals surface area contributed by atoms with Crippen LogP contribution in [0.5, 0.6) is 0 Å². The summed E-state index contributed by atoms with van der Waals surface area (Å²) in [7, 11) is 0. The van der Waals surface area contributed by atoms with Gasteiger partial charge in [0.2, 0.25) is 0 Å². The Balaban J connectivity index is 2.41. The first-order valence-corrected chi connectivity index (χ1v) is 7.13. The van der Waals surface area contributed by atoms with Crippen molar-refractivity contribution in [2.45, 2.75) is 59.4 Å². The molecule has 1 rings (SSSR count). The Hall–Kier alpha value is -0.0500. The molecule has 0 heterocycles. The molecule has 0 aromatic rings. The van der Waals surface area contributed by atoms with E-state index < -0.39 is 0 Å². The van der Waals surface area contributed by atoms with Crippen molar-refractivity contribution in [2.24, 2.45) is 5.92 Å². The minimum absolute atomic E-state index is 0.190. The predicted molar refractivity (Wildman–Crippen MR) is 72.4 cm³/mol. The van der Waals surface area contributed by atoms with Crippen molar-refractivity contribution in [1.82, 2.24) is 0 Å². The van der Waals surface area contributed by atoms with Crippen LogP contribution in [-0.4, -0.2) is 24.9 Å². The summed E-state index contributed by atoms with van der Waals surface area (Å²) in [4.78, 5) is 0. The molecule has 17 heavy (non-hydrogen) atoms. The van der Waals surface area contributed by atoms with Crippen LogP contribution in [0.1, 0.15) is 47.0 Å². The number of unbranched alkanes of at least 4 members (excludes halogenated alkanes) is 1. The minimum Gasteiger partial charge on any atom is -0.351 e. The molecular formula is C14H25ClO2. The molecule has 0 aromatic carbocycles. The fourth-order valence-electron chi connectivity index (χ4n) is 2.14. The Bertz CT molecular complexity index is 263. The summed E-state index contributed by atoms with van der Waals surface area (Å²) < 4.78 is 11.6. The van der Waals surface area contributed by atoms with E-state index in [1.807, 2.05) is 0 Å². The van der Waals surface area contributed by atoms with Gasteiger partial charge < -0.3 is 9.47 Å². The highest BCUT2D eigenvalue weighted by molar-refractivity contribution is 6.18. The highest BCUT2D eigenvalue weighted by Crippen LogP contribution is 2.33. The van der Waals surface area contributed by atoms with Crippen molar-refractivity contribution in [3.05, 3.63) is 11.1 Å². The highest BCUT2D eigenvalue weighted by atomic mass is 35.5. The minimum atomic E-state index is -0.263. The maximum absolute atomic E-state index is 5.95. The number of halogens is 1. The van der Waals surface area contributed by atoms with Crippen molar-refractivity contribution in [2.75, 3.05) is 12.5 Å². The fraction of sp³-hybridized carbons (Fsp3) is 0.857. The maximum Gasteiger partial charge on any atom is 0.171 e. The van der Waals surface area contributed by atoms with Crippen LogP contribution in [0.4, 0.5) is 0 Å². The van der Waals surface area contributed by atoms with Gasteiger partial charge in [0, 0.05) is 6.61 Å². The Morgan fingerprint density at radius 1 is 1.35 bits per heavy atom. The number of rotatable bonds is 7. The zero-order valence-electron chi connectivity index (χ0n) is 11.5. The van der Waals surface area contributed by atoms with Gasteiger partial charge in [-0.05, 0) is 38.2 Å². The summed E-state index contributed by atoms with van der Waals surface area (Å²) in [5.41, 5.74) is 2.81. The monoisotopic (exact) mass is 260 g/mol. The third-order valence-corrected chi connectivity index (χ3v) is 3.91. The summed E-state index contributed by atoms with van der Waals surface area (Å²) in [6.45, 7) is 9.47. The standard InChI is InChI=1S/C14H25ClO2/c1-5-6-7-16-14(9-15)17-13-8-10(2)11(3)12(13)4/h10,13-14H,5-9H2,1-4H3. The summed E-state index contributed by atoms with van der Waals surface area (Å²) >= 11 is 5.88. The molecule has 3 unspecified atom stereocenters. The molecule has 1 aliphatic carbocycles. The molecule has 0 N–H and O–H groups in total. The molecule has 3 atom stereocenters. The van der Waals surface area contributed by atoms with E-state index in [4.69, 9.17) is 21.1 Å². The van der Waals surface area contributed by atoms with E-state index >= 15 is 0 Å². The second-order valence-electron chi connectivity index (χ2n) is 4.94. The van der Waals surface area contributed by atoms with Gasteiger partial charge in [0.05, 0.1) is 12.0 Å². The molecule has 0 amide bonds. The number of allylic oxidation sites excluding steroid dienone is 1. The SMILES string of the molecule is CCCCOC(CCl)OC1CC(C)C(C)=C1C. The molecule has 0 aromatic heterocycles. The summed E-state index contributed by atoms with van der Waals surface area (Å²) in [6.07, 6.45) is 3.18. The average Bonchev–Trinajstić information content (AvgIpc) is 2.56. The van der Waals surface area contributed by atoms with Gasteiger partial charge in [0.1, 0.15) is 0 Å². The van der Waals surface area contributed by atoms with Crippen molar-refractivity contribution < 1.29 is 9.47 Å². The van der Waals surface area contributed by atoms with Gasteiger partial charge in [-0.2, -0.15) is 0 Å². The Kier molecular flexibility index (Phi) is 6.53. The van der Waals surface area contributed by atoms with Crippen molar-refractivity contribution >= 4 is 11.6 Å². The first-order valence-electron chi connectivity index (χ1n) is 6.60. The van der Waals surface area contributed by atoms with Crippen molar-refractivity contribution in [1.29, 1.82) is 0 Å². The van der Waals surface area contributed by atoms with Crippen LogP contribution >= 0.6 is 11.6 Å². The van der Waals surface area contributed by atoms with Crippen LogP contribution < -0.4 is 0 Å². The van der Waals surface area contributed by atoms with Crippen LogP contribution in [0.3, 0.4) is 0 Å². The van der Waals surface area contributed by atoms with Crippen LogP contribution in [-0.2, 0) is 9.47 Å². The van der Waals surface area contributed by atoms with E-state index in [0.717, 1.165) is 25.9 Å². The normalized spacial score (nSPS) is 26.6. The van der Waals surface area contributed by atoms with Crippen LogP contribution in [0, 0.1) is 5.92 Å². The Morgan fingerprint density at radius 2 is 2.06 bits per heavy atom. The highest BCUT2D eigenvalue weighted by Gasteiger charge is 2.28. The molecule has 0 saturated carbocycles. The third kappa shape index (κ3) is 4.27. The number of hydrogen-bond donors (Lipinski definition) is 0. The molecule has 2 nitrogen and oxygen atoms in total. The molecular weight excluding hydrogens is 236 g/mol. The van der Waals surface area contributed by atoms with Crippen molar-refractivity contribution in [3.63, 3.8) is 0 Å². The number of ether oxygens (including phenoxy) is 2.